The number of hydrogen-bond donors (Lipinski definition) is 2. The lowest BCUT2D eigenvalue weighted by Crippen LogP contribution is -2.28. The van der Waals surface area contributed by atoms with E-state index in [0.29, 0.717) is 13.1 Å². The average Bonchev–Trinajstić information content (AvgIpc) is 2.29. The number of aryl methyl sites for hydroxylation is 1. The summed E-state index contributed by atoms with van der Waals surface area (Å²) in [5, 5.41) is 9.08. The summed E-state index contributed by atoms with van der Waals surface area (Å²) < 4.78 is 0. The Bertz CT molecular complexity index is 320. The molecule has 16 heavy (non-hydrogen) atoms. The van der Waals surface area contributed by atoms with Gasteiger partial charge in [0.1, 0.15) is 0 Å². The molecule has 1 aromatic rings. The molecule has 3 nitrogen and oxygen atoms in total. The summed E-state index contributed by atoms with van der Waals surface area (Å²) in [6.45, 7) is 6.57. The Morgan fingerprint density at radius 2 is 2.06 bits per heavy atom. The van der Waals surface area contributed by atoms with Crippen LogP contribution >= 0.6 is 0 Å². The van der Waals surface area contributed by atoms with Crippen LogP contribution in [0.15, 0.2) is 18.2 Å². The first-order valence-corrected chi connectivity index (χ1v) is 5.88. The smallest absolute Gasteiger partial charge is 0.0606 e. The molecule has 3 heteroatoms. The monoisotopic (exact) mass is 222 g/mol. The van der Waals surface area contributed by atoms with E-state index < -0.39 is 0 Å². The van der Waals surface area contributed by atoms with Crippen LogP contribution in [0.2, 0.25) is 0 Å². The molecule has 1 rings (SSSR count). The first kappa shape index (κ1) is 13.0. The summed E-state index contributed by atoms with van der Waals surface area (Å²) in [6, 6.07) is 6.30. The van der Waals surface area contributed by atoms with Crippen molar-refractivity contribution in [3.05, 3.63) is 29.3 Å². The third-order valence-electron chi connectivity index (χ3n) is 2.66. The minimum absolute atomic E-state index is 0.179. The summed E-state index contributed by atoms with van der Waals surface area (Å²) in [4.78, 5) is 2.20. The fourth-order valence-electron chi connectivity index (χ4n) is 1.88. The maximum absolute atomic E-state index is 9.08. The van der Waals surface area contributed by atoms with Crippen molar-refractivity contribution < 1.29 is 5.11 Å². The van der Waals surface area contributed by atoms with E-state index in [1.165, 1.54) is 11.3 Å². The van der Waals surface area contributed by atoms with Crippen molar-refractivity contribution in [2.45, 2.75) is 26.8 Å². The zero-order valence-electron chi connectivity index (χ0n) is 10.2. The maximum atomic E-state index is 9.08. The molecule has 90 valence electrons. The summed E-state index contributed by atoms with van der Waals surface area (Å²) in [5.74, 6) is 0. The predicted molar refractivity (Wildman–Crippen MR) is 68.7 cm³/mol. The van der Waals surface area contributed by atoms with Crippen LogP contribution in [0.1, 0.15) is 24.5 Å². The summed E-state index contributed by atoms with van der Waals surface area (Å²) >= 11 is 0. The van der Waals surface area contributed by atoms with Gasteiger partial charge in [-0.05, 0) is 30.5 Å². The van der Waals surface area contributed by atoms with Crippen molar-refractivity contribution in [3.8, 4) is 0 Å². The van der Waals surface area contributed by atoms with Crippen LogP contribution in [0.25, 0.3) is 0 Å². The van der Waals surface area contributed by atoms with Gasteiger partial charge < -0.3 is 15.7 Å². The summed E-state index contributed by atoms with van der Waals surface area (Å²) in [5.41, 5.74) is 9.28. The van der Waals surface area contributed by atoms with Crippen molar-refractivity contribution in [3.63, 3.8) is 0 Å². The van der Waals surface area contributed by atoms with E-state index in [2.05, 4.69) is 36.9 Å². The molecule has 1 aromatic carbocycles. The lowest BCUT2D eigenvalue weighted by Gasteiger charge is -2.26. The van der Waals surface area contributed by atoms with Crippen LogP contribution in [0, 0.1) is 6.92 Å². The van der Waals surface area contributed by atoms with Gasteiger partial charge in [-0.25, -0.2) is 0 Å². The molecule has 0 aliphatic rings. The quantitative estimate of drug-likeness (QED) is 0.769. The largest absolute Gasteiger partial charge is 0.395 e. The first-order chi connectivity index (χ1) is 7.72. The van der Waals surface area contributed by atoms with Crippen molar-refractivity contribution in [1.29, 1.82) is 0 Å². The van der Waals surface area contributed by atoms with E-state index in [4.69, 9.17) is 10.8 Å². The minimum Gasteiger partial charge on any atom is -0.395 e. The van der Waals surface area contributed by atoms with Gasteiger partial charge >= 0.3 is 0 Å². The zero-order chi connectivity index (χ0) is 12.0. The second-order valence-corrected chi connectivity index (χ2v) is 4.05. The molecule has 0 bridgehead atoms. The van der Waals surface area contributed by atoms with E-state index in [0.717, 1.165) is 18.5 Å². The summed E-state index contributed by atoms with van der Waals surface area (Å²) in [6.07, 6.45) is 1.07. The fourth-order valence-corrected chi connectivity index (χ4v) is 1.88. The molecule has 0 atom stereocenters. The SMILES string of the molecule is CCCN(CCO)c1cc(C)ccc1CN. The molecule has 0 spiro atoms. The van der Waals surface area contributed by atoms with Crippen LogP contribution in [0.5, 0.6) is 0 Å². The van der Waals surface area contributed by atoms with Crippen LogP contribution in [-0.2, 0) is 6.54 Å². The maximum Gasteiger partial charge on any atom is 0.0606 e. The molecule has 0 unspecified atom stereocenters. The Balaban J connectivity index is 3.00. The van der Waals surface area contributed by atoms with Crippen LogP contribution < -0.4 is 10.6 Å². The highest BCUT2D eigenvalue weighted by Crippen LogP contribution is 2.22. The number of benzene rings is 1. The second kappa shape index (κ2) is 6.51. The molecule has 0 fully saturated rings. The molecule has 0 aliphatic carbocycles. The summed E-state index contributed by atoms with van der Waals surface area (Å²) in [7, 11) is 0. The normalized spacial score (nSPS) is 10.5. The zero-order valence-corrected chi connectivity index (χ0v) is 10.2. The second-order valence-electron chi connectivity index (χ2n) is 4.05. The number of aliphatic hydroxyl groups excluding tert-OH is 1. The van der Waals surface area contributed by atoms with E-state index in [-0.39, 0.29) is 6.61 Å². The molecule has 0 amide bonds. The van der Waals surface area contributed by atoms with Gasteiger partial charge in [-0.1, -0.05) is 19.1 Å². The van der Waals surface area contributed by atoms with Crippen LogP contribution in [0.3, 0.4) is 0 Å². The highest BCUT2D eigenvalue weighted by atomic mass is 16.3. The van der Waals surface area contributed by atoms with E-state index in [1.807, 2.05) is 0 Å². The van der Waals surface area contributed by atoms with Crippen molar-refractivity contribution in [2.24, 2.45) is 5.73 Å². The number of rotatable bonds is 6. The van der Waals surface area contributed by atoms with Gasteiger partial charge in [0.25, 0.3) is 0 Å². The third kappa shape index (κ3) is 3.22. The van der Waals surface area contributed by atoms with Gasteiger partial charge in [-0.2, -0.15) is 0 Å². The molecule has 0 heterocycles. The molecular weight excluding hydrogens is 200 g/mol. The minimum atomic E-state index is 0.179. The average molecular weight is 222 g/mol. The lowest BCUT2D eigenvalue weighted by atomic mass is 10.1. The molecule has 0 saturated carbocycles. The van der Waals surface area contributed by atoms with E-state index in [1.54, 1.807) is 0 Å². The number of nitrogens with zero attached hydrogens (tertiary/aromatic N) is 1. The van der Waals surface area contributed by atoms with Gasteiger partial charge in [0.15, 0.2) is 0 Å². The molecule has 0 radical (unpaired) electrons. The van der Waals surface area contributed by atoms with Gasteiger partial charge in [-0.3, -0.25) is 0 Å². The first-order valence-electron chi connectivity index (χ1n) is 5.88. The van der Waals surface area contributed by atoms with Crippen molar-refractivity contribution in [2.75, 3.05) is 24.6 Å². The third-order valence-corrected chi connectivity index (χ3v) is 2.66. The van der Waals surface area contributed by atoms with Crippen LogP contribution in [0.4, 0.5) is 5.69 Å². The van der Waals surface area contributed by atoms with Gasteiger partial charge in [0.05, 0.1) is 6.61 Å². The standard InChI is InChI=1S/C13H22N2O/c1-3-6-15(7-8-16)13-9-11(2)4-5-12(13)10-14/h4-5,9,16H,3,6-8,10,14H2,1-2H3. The molecule has 0 saturated heterocycles. The predicted octanol–water partition coefficient (Wildman–Crippen LogP) is 1.66. The molecular formula is C13H22N2O. The Labute approximate surface area is 97.9 Å². The van der Waals surface area contributed by atoms with Crippen LogP contribution in [-0.4, -0.2) is 24.8 Å². The number of aliphatic hydroxyl groups is 1. The fraction of sp³-hybridized carbons (Fsp3) is 0.538. The Morgan fingerprint density at radius 1 is 1.31 bits per heavy atom. The Morgan fingerprint density at radius 3 is 2.62 bits per heavy atom. The number of nitrogens with two attached hydrogens (primary N) is 1. The van der Waals surface area contributed by atoms with E-state index in [9.17, 15) is 0 Å². The highest BCUT2D eigenvalue weighted by Gasteiger charge is 2.09. The van der Waals surface area contributed by atoms with Gasteiger partial charge in [0.2, 0.25) is 0 Å². The molecule has 3 N–H and O–H groups in total. The number of anilines is 1. The Hall–Kier alpha value is -1.06. The van der Waals surface area contributed by atoms with Gasteiger partial charge in [0, 0.05) is 25.3 Å². The van der Waals surface area contributed by atoms with Crippen molar-refractivity contribution in [1.82, 2.24) is 0 Å². The highest BCUT2D eigenvalue weighted by molar-refractivity contribution is 5.55. The molecule has 0 aliphatic heterocycles. The lowest BCUT2D eigenvalue weighted by molar-refractivity contribution is 0.301. The van der Waals surface area contributed by atoms with Gasteiger partial charge in [-0.15, -0.1) is 0 Å². The number of hydrogen-bond acceptors (Lipinski definition) is 3. The van der Waals surface area contributed by atoms with Crippen molar-refractivity contribution >= 4 is 5.69 Å². The Kier molecular flexibility index (Phi) is 5.29. The molecule has 0 aromatic heterocycles. The van der Waals surface area contributed by atoms with E-state index >= 15 is 0 Å². The topological polar surface area (TPSA) is 49.5 Å².